The van der Waals surface area contributed by atoms with Crippen LogP contribution < -0.4 is 10.6 Å². The fraction of sp³-hybridized carbons (Fsp3) is 0.400. The van der Waals surface area contributed by atoms with Crippen molar-refractivity contribution in [3.8, 4) is 0 Å². The molecule has 0 spiro atoms. The predicted molar refractivity (Wildman–Crippen MR) is 122 cm³/mol. The molecule has 8 nitrogen and oxygen atoms in total. The summed E-state index contributed by atoms with van der Waals surface area (Å²) in [6, 6.07) is 0.581. The van der Waals surface area contributed by atoms with E-state index in [2.05, 4.69) is 5.32 Å². The van der Waals surface area contributed by atoms with Crippen molar-refractivity contribution in [1.29, 1.82) is 0 Å². The summed E-state index contributed by atoms with van der Waals surface area (Å²) in [7, 11) is 0. The minimum absolute atomic E-state index is 0.0214. The number of hydrogen-bond donors (Lipinski definition) is 2. The first-order valence-corrected chi connectivity index (χ1v) is 10.6. The molecule has 0 bridgehead atoms. The normalized spacial score (nSPS) is 30.4. The van der Waals surface area contributed by atoms with Gasteiger partial charge in [0.2, 0.25) is 11.8 Å². The number of anilines is 1. The molecule has 0 radical (unpaired) electrons. The third-order valence-corrected chi connectivity index (χ3v) is 5.64. The van der Waals surface area contributed by atoms with Crippen LogP contribution in [0.15, 0.2) is 42.4 Å². The Labute approximate surface area is 205 Å². The number of amides is 3. The van der Waals surface area contributed by atoms with Crippen LogP contribution in [0.4, 0.5) is 5.69 Å². The number of piperidine rings is 1. The van der Waals surface area contributed by atoms with Crippen molar-refractivity contribution < 1.29 is 31.5 Å². The fourth-order valence-electron chi connectivity index (χ4n) is 3.93. The van der Waals surface area contributed by atoms with Gasteiger partial charge in [-0.15, -0.1) is 0 Å². The largest absolute Gasteiger partial charge is 0.381 e. The first kappa shape index (κ1) is 13.5. The Kier molecular flexibility index (Phi) is 3.81. The quantitative estimate of drug-likeness (QED) is 0.644. The number of fused-ring (bicyclic) bond motifs is 1. The molecule has 2 aromatic rings. The molecular weight excluding hydrogens is 420 g/mol. The number of carbonyl (C=O) groups is 3. The van der Waals surface area contributed by atoms with Crippen LogP contribution in [0, 0.1) is 0 Å². The van der Waals surface area contributed by atoms with E-state index < -0.39 is 43.0 Å². The number of rotatable bonds is 6. The van der Waals surface area contributed by atoms with Crippen molar-refractivity contribution in [3.63, 3.8) is 0 Å². The van der Waals surface area contributed by atoms with Gasteiger partial charge in [0.1, 0.15) is 6.02 Å². The monoisotopic (exact) mass is 457 g/mol. The number of imide groups is 1. The molecular formula is C25H28N4O4. The van der Waals surface area contributed by atoms with Crippen molar-refractivity contribution >= 4 is 23.4 Å². The Hall–Kier alpha value is -3.23. The molecule has 1 atom stereocenters. The van der Waals surface area contributed by atoms with Gasteiger partial charge in [0.15, 0.2) is 0 Å². The van der Waals surface area contributed by atoms with Gasteiger partial charge in [0, 0.05) is 61.4 Å². The van der Waals surface area contributed by atoms with E-state index in [4.69, 9.17) is 17.1 Å². The van der Waals surface area contributed by atoms with Crippen LogP contribution in [0.5, 0.6) is 0 Å². The summed E-state index contributed by atoms with van der Waals surface area (Å²) in [5, 5.41) is 4.69. The highest BCUT2D eigenvalue weighted by atomic mass is 16.5. The molecule has 2 N–H and O–H groups in total. The summed E-state index contributed by atoms with van der Waals surface area (Å²) < 4.78 is 80.5. The van der Waals surface area contributed by atoms with E-state index >= 15 is 0 Å². The van der Waals surface area contributed by atoms with Crippen molar-refractivity contribution in [3.05, 3.63) is 64.6 Å². The van der Waals surface area contributed by atoms with Gasteiger partial charge in [-0.25, -0.2) is 0 Å². The van der Waals surface area contributed by atoms with Gasteiger partial charge >= 0.3 is 0 Å². The molecule has 3 aliphatic rings. The molecule has 5 rings (SSSR count). The van der Waals surface area contributed by atoms with Crippen molar-refractivity contribution in [2.75, 3.05) is 31.6 Å². The SMILES string of the molecule is [2H]c1c([2H])c(CN2CCOCC2)c([2H])c([2H])c1CNc1cccc2c1CN(C1([2H])C(=O)NC(=O)C([2H])([2H])C1([2H])[2H])C2=O. The zero-order valence-corrected chi connectivity index (χ0v) is 17.7. The molecule has 2 aromatic carbocycles. The number of hydrogen-bond acceptors (Lipinski definition) is 6. The fourth-order valence-corrected chi connectivity index (χ4v) is 3.93. The standard InChI is InChI=1S/C25H28N4O4/c30-23-9-8-22(24(31)27-23)29-16-20-19(25(29)32)2-1-3-21(20)26-14-17-4-6-18(7-5-17)15-28-10-12-33-13-11-28/h1-7,22,26H,8-16H2,(H,27,30,31)/i4D,5D,6D,7D,8D2,9D2,22D. The van der Waals surface area contributed by atoms with E-state index in [0.717, 1.165) is 0 Å². The minimum Gasteiger partial charge on any atom is -0.381 e. The smallest absolute Gasteiger partial charge is 0.255 e. The highest BCUT2D eigenvalue weighted by Crippen LogP contribution is 2.32. The Morgan fingerprint density at radius 2 is 1.91 bits per heavy atom. The van der Waals surface area contributed by atoms with Crippen LogP contribution in [-0.4, -0.2) is 59.8 Å². The molecule has 33 heavy (non-hydrogen) atoms. The van der Waals surface area contributed by atoms with Crippen LogP contribution in [0.25, 0.3) is 0 Å². The van der Waals surface area contributed by atoms with Gasteiger partial charge in [0.25, 0.3) is 5.91 Å². The summed E-state index contributed by atoms with van der Waals surface area (Å²) in [4.78, 5) is 40.7. The first-order valence-electron chi connectivity index (χ1n) is 15.1. The summed E-state index contributed by atoms with van der Waals surface area (Å²) in [6.45, 7) is 1.88. The lowest BCUT2D eigenvalue weighted by Crippen LogP contribution is -2.52. The number of ether oxygens (including phenoxy) is 1. The van der Waals surface area contributed by atoms with Crippen LogP contribution in [0.2, 0.25) is 0 Å². The number of carbonyl (C=O) groups excluding carboxylic acids is 3. The summed E-state index contributed by atoms with van der Waals surface area (Å²) in [6.07, 6.45) is -6.69. The molecule has 0 aromatic heterocycles. The van der Waals surface area contributed by atoms with E-state index in [9.17, 15) is 14.4 Å². The zero-order chi connectivity index (χ0) is 30.8. The molecule has 8 heteroatoms. The Morgan fingerprint density at radius 1 is 1.15 bits per heavy atom. The van der Waals surface area contributed by atoms with E-state index in [-0.39, 0.29) is 59.5 Å². The van der Waals surface area contributed by atoms with Crippen molar-refractivity contribution in [2.24, 2.45) is 0 Å². The first-order chi connectivity index (χ1) is 19.6. The van der Waals surface area contributed by atoms with Gasteiger partial charge in [-0.2, -0.15) is 0 Å². The van der Waals surface area contributed by atoms with Crippen LogP contribution in [0.1, 0.15) is 52.1 Å². The molecule has 3 heterocycles. The second-order valence-electron chi connectivity index (χ2n) is 7.80. The van der Waals surface area contributed by atoms with Crippen LogP contribution >= 0.6 is 0 Å². The van der Waals surface area contributed by atoms with Crippen LogP contribution in [-0.2, 0) is 34.0 Å². The Bertz CT molecular complexity index is 1470. The molecule has 2 fully saturated rings. The summed E-state index contributed by atoms with van der Waals surface area (Å²) in [5.74, 6) is -3.92. The van der Waals surface area contributed by atoms with Crippen molar-refractivity contribution in [1.82, 2.24) is 15.1 Å². The lowest BCUT2D eigenvalue weighted by Gasteiger charge is -2.29. The molecule has 0 saturated carbocycles. The number of morpholine rings is 1. The summed E-state index contributed by atoms with van der Waals surface area (Å²) in [5.41, 5.74) is 0.942. The number of benzene rings is 2. The van der Waals surface area contributed by atoms with Crippen molar-refractivity contribution in [2.45, 2.75) is 38.4 Å². The molecule has 1 unspecified atom stereocenters. The lowest BCUT2D eigenvalue weighted by molar-refractivity contribution is -0.136. The topological polar surface area (TPSA) is 91.0 Å². The van der Waals surface area contributed by atoms with E-state index in [1.165, 1.54) is 12.1 Å². The lowest BCUT2D eigenvalue weighted by atomic mass is 10.0. The second-order valence-corrected chi connectivity index (χ2v) is 7.80. The van der Waals surface area contributed by atoms with Gasteiger partial charge in [-0.1, -0.05) is 30.2 Å². The van der Waals surface area contributed by atoms with Crippen LogP contribution in [0.3, 0.4) is 0 Å². The Morgan fingerprint density at radius 3 is 2.70 bits per heavy atom. The third-order valence-electron chi connectivity index (χ3n) is 5.64. The van der Waals surface area contributed by atoms with Gasteiger partial charge in [-0.3, -0.25) is 24.6 Å². The Balaban J connectivity index is 1.42. The highest BCUT2D eigenvalue weighted by molar-refractivity contribution is 6.06. The van der Waals surface area contributed by atoms with Gasteiger partial charge in [-0.05, 0) is 29.6 Å². The maximum absolute atomic E-state index is 13.4. The van der Waals surface area contributed by atoms with E-state index in [0.29, 0.717) is 36.9 Å². The summed E-state index contributed by atoms with van der Waals surface area (Å²) >= 11 is 0. The maximum atomic E-state index is 13.4. The predicted octanol–water partition coefficient (Wildman–Crippen LogP) is 1.89. The van der Waals surface area contributed by atoms with Gasteiger partial charge < -0.3 is 15.0 Å². The average molecular weight is 458 g/mol. The molecule has 2 saturated heterocycles. The molecule has 172 valence electrons. The number of nitrogens with zero attached hydrogens (tertiary/aromatic N) is 2. The van der Waals surface area contributed by atoms with Gasteiger partial charge in [0.05, 0.1) is 20.1 Å². The maximum Gasteiger partial charge on any atom is 0.255 e. The highest BCUT2D eigenvalue weighted by Gasteiger charge is 2.39. The third kappa shape index (κ3) is 4.62. The molecule has 0 aliphatic carbocycles. The molecule has 3 amide bonds. The minimum atomic E-state index is -3.40. The van der Waals surface area contributed by atoms with E-state index in [1.54, 1.807) is 11.4 Å². The second kappa shape index (κ2) is 9.33. The average Bonchev–Trinajstić information content (AvgIpc) is 3.30. The number of nitrogens with one attached hydrogen (secondary N) is 2. The molecule has 3 aliphatic heterocycles. The zero-order valence-electron chi connectivity index (χ0n) is 26.7. The van der Waals surface area contributed by atoms with E-state index in [1.807, 2.05) is 4.90 Å².